The Morgan fingerprint density at radius 1 is 0.955 bits per heavy atom. The number of nitrogens with one attached hydrogen (secondary N) is 1. The highest BCUT2D eigenvalue weighted by Crippen LogP contribution is 2.27. The van der Waals surface area contributed by atoms with Gasteiger partial charge in [0.25, 0.3) is 5.91 Å². The maximum Gasteiger partial charge on any atom is 0.258 e. The summed E-state index contributed by atoms with van der Waals surface area (Å²) in [6.07, 6.45) is 0. The lowest BCUT2D eigenvalue weighted by Gasteiger charge is -2.14. The average Bonchev–Trinajstić information content (AvgIpc) is 2.58. The van der Waals surface area contributed by atoms with Gasteiger partial charge in [0.1, 0.15) is 17.2 Å². The molecule has 0 saturated carbocycles. The first kappa shape index (κ1) is 15.7. The molecule has 0 fully saturated rings. The smallest absolute Gasteiger partial charge is 0.258 e. The molecule has 0 spiro atoms. The van der Waals surface area contributed by atoms with Gasteiger partial charge in [-0.2, -0.15) is 0 Å². The summed E-state index contributed by atoms with van der Waals surface area (Å²) < 4.78 is 16.0. The minimum Gasteiger partial charge on any atom is -0.496 e. The predicted molar refractivity (Wildman–Crippen MR) is 83.3 cm³/mol. The fourth-order valence-electron chi connectivity index (χ4n) is 2.01. The number of hydrogen-bond donors (Lipinski definition) is 1. The molecule has 0 bridgehead atoms. The number of carbonyl (C=O) groups is 1. The van der Waals surface area contributed by atoms with E-state index in [0.717, 1.165) is 5.56 Å². The molecule has 22 heavy (non-hydrogen) atoms. The molecule has 2 aromatic carbocycles. The van der Waals surface area contributed by atoms with Crippen LogP contribution >= 0.6 is 0 Å². The van der Waals surface area contributed by atoms with Crippen LogP contribution < -0.4 is 19.5 Å². The molecule has 0 atom stereocenters. The molecule has 1 amide bonds. The summed E-state index contributed by atoms with van der Waals surface area (Å²) in [6.45, 7) is 0.269. The molecule has 0 aromatic heterocycles. The molecule has 0 aliphatic carbocycles. The Morgan fingerprint density at radius 2 is 1.59 bits per heavy atom. The second kappa shape index (κ2) is 7.93. The quantitative estimate of drug-likeness (QED) is 0.853. The van der Waals surface area contributed by atoms with Crippen LogP contribution in [0, 0.1) is 0 Å². The Kier molecular flexibility index (Phi) is 5.65. The zero-order valence-electron chi connectivity index (χ0n) is 12.7. The van der Waals surface area contributed by atoms with Gasteiger partial charge in [-0.15, -0.1) is 0 Å². The van der Waals surface area contributed by atoms with Crippen LogP contribution in [0.3, 0.4) is 0 Å². The number of ether oxygens (including phenoxy) is 3. The molecule has 1 N–H and O–H groups in total. The van der Waals surface area contributed by atoms with E-state index in [1.54, 1.807) is 26.4 Å². The van der Waals surface area contributed by atoms with Crippen LogP contribution in [0.2, 0.25) is 0 Å². The first-order chi connectivity index (χ1) is 10.7. The van der Waals surface area contributed by atoms with Crippen molar-refractivity contribution in [1.82, 2.24) is 5.32 Å². The van der Waals surface area contributed by atoms with E-state index in [1.165, 1.54) is 0 Å². The highest BCUT2D eigenvalue weighted by atomic mass is 16.5. The van der Waals surface area contributed by atoms with Crippen molar-refractivity contribution in [3.8, 4) is 17.2 Å². The zero-order valence-corrected chi connectivity index (χ0v) is 12.7. The van der Waals surface area contributed by atoms with Crippen LogP contribution in [-0.2, 0) is 11.3 Å². The number of rotatable bonds is 7. The average molecular weight is 301 g/mol. The maximum absolute atomic E-state index is 11.9. The van der Waals surface area contributed by atoms with E-state index in [4.69, 9.17) is 14.2 Å². The molecule has 0 aliphatic heterocycles. The van der Waals surface area contributed by atoms with Crippen LogP contribution in [0.5, 0.6) is 17.2 Å². The highest BCUT2D eigenvalue weighted by molar-refractivity contribution is 5.77. The Morgan fingerprint density at radius 3 is 2.18 bits per heavy atom. The summed E-state index contributed by atoms with van der Waals surface area (Å²) in [5.41, 5.74) is 0.792. The van der Waals surface area contributed by atoms with Crippen LogP contribution in [0.4, 0.5) is 0 Å². The number of benzene rings is 2. The Balaban J connectivity index is 1.91. The van der Waals surface area contributed by atoms with E-state index in [-0.39, 0.29) is 12.5 Å². The van der Waals surface area contributed by atoms with Gasteiger partial charge in [-0.3, -0.25) is 4.79 Å². The fraction of sp³-hybridized carbons (Fsp3) is 0.235. The van der Waals surface area contributed by atoms with Crippen molar-refractivity contribution >= 4 is 5.91 Å². The first-order valence-corrected chi connectivity index (χ1v) is 6.89. The third-order valence-corrected chi connectivity index (χ3v) is 3.11. The van der Waals surface area contributed by atoms with Crippen LogP contribution in [-0.4, -0.2) is 26.7 Å². The topological polar surface area (TPSA) is 56.8 Å². The number of methoxy groups -OCH3 is 2. The van der Waals surface area contributed by atoms with Crippen LogP contribution in [0.1, 0.15) is 5.56 Å². The summed E-state index contributed by atoms with van der Waals surface area (Å²) >= 11 is 0. The highest BCUT2D eigenvalue weighted by Gasteiger charge is 2.11. The van der Waals surface area contributed by atoms with Crippen molar-refractivity contribution < 1.29 is 19.0 Å². The number of para-hydroxylation sites is 1. The molecule has 116 valence electrons. The molecule has 2 rings (SSSR count). The summed E-state index contributed by atoms with van der Waals surface area (Å²) in [7, 11) is 3.16. The van der Waals surface area contributed by atoms with Gasteiger partial charge in [0.05, 0.1) is 26.3 Å². The third kappa shape index (κ3) is 4.15. The van der Waals surface area contributed by atoms with Gasteiger partial charge in [-0.25, -0.2) is 0 Å². The molecule has 0 aliphatic rings. The third-order valence-electron chi connectivity index (χ3n) is 3.11. The molecule has 2 aromatic rings. The van der Waals surface area contributed by atoms with Crippen molar-refractivity contribution in [1.29, 1.82) is 0 Å². The SMILES string of the molecule is COc1cccc(OC)c1CNC(=O)COc1ccccc1. The second-order valence-electron chi connectivity index (χ2n) is 4.52. The van der Waals surface area contributed by atoms with Gasteiger partial charge in [-0.1, -0.05) is 24.3 Å². The molecule has 0 radical (unpaired) electrons. The monoisotopic (exact) mass is 301 g/mol. The number of carbonyl (C=O) groups excluding carboxylic acids is 1. The second-order valence-corrected chi connectivity index (χ2v) is 4.52. The summed E-state index contributed by atoms with van der Waals surface area (Å²) in [4.78, 5) is 11.9. The summed E-state index contributed by atoms with van der Waals surface area (Å²) in [5, 5.41) is 2.79. The minimum absolute atomic E-state index is 0.0402. The van der Waals surface area contributed by atoms with E-state index < -0.39 is 0 Å². The minimum atomic E-state index is -0.211. The molecule has 5 heteroatoms. The molecular formula is C17H19NO4. The van der Waals surface area contributed by atoms with E-state index in [9.17, 15) is 4.79 Å². The lowest BCUT2D eigenvalue weighted by molar-refractivity contribution is -0.123. The van der Waals surface area contributed by atoms with Crippen molar-refractivity contribution in [3.63, 3.8) is 0 Å². The van der Waals surface area contributed by atoms with Crippen molar-refractivity contribution in [2.24, 2.45) is 0 Å². The Bertz CT molecular complexity index is 591. The van der Waals surface area contributed by atoms with Gasteiger partial charge in [0.2, 0.25) is 0 Å². The first-order valence-electron chi connectivity index (χ1n) is 6.89. The molecule has 0 unspecified atom stereocenters. The zero-order chi connectivity index (χ0) is 15.8. The maximum atomic E-state index is 11.9. The van der Waals surface area contributed by atoms with Gasteiger partial charge >= 0.3 is 0 Å². The normalized spacial score (nSPS) is 9.91. The van der Waals surface area contributed by atoms with Crippen LogP contribution in [0.25, 0.3) is 0 Å². The van der Waals surface area contributed by atoms with Gasteiger partial charge in [0.15, 0.2) is 6.61 Å². The summed E-state index contributed by atoms with van der Waals surface area (Å²) in [5.74, 6) is 1.79. The van der Waals surface area contributed by atoms with E-state index in [2.05, 4.69) is 5.32 Å². The molecule has 0 heterocycles. The van der Waals surface area contributed by atoms with Crippen LogP contribution in [0.15, 0.2) is 48.5 Å². The van der Waals surface area contributed by atoms with E-state index >= 15 is 0 Å². The van der Waals surface area contributed by atoms with Gasteiger partial charge < -0.3 is 19.5 Å². The van der Waals surface area contributed by atoms with Crippen molar-refractivity contribution in [3.05, 3.63) is 54.1 Å². The lowest BCUT2D eigenvalue weighted by atomic mass is 10.1. The predicted octanol–water partition coefficient (Wildman–Crippen LogP) is 2.40. The Labute approximate surface area is 129 Å². The lowest BCUT2D eigenvalue weighted by Crippen LogP contribution is -2.28. The molecule has 0 saturated heterocycles. The number of hydrogen-bond acceptors (Lipinski definition) is 4. The van der Waals surface area contributed by atoms with Gasteiger partial charge in [-0.05, 0) is 24.3 Å². The standard InChI is InChI=1S/C17H19NO4/c1-20-15-9-6-10-16(21-2)14(15)11-18-17(19)12-22-13-7-4-3-5-8-13/h3-10H,11-12H2,1-2H3,(H,18,19). The summed E-state index contributed by atoms with van der Waals surface area (Å²) in [6, 6.07) is 14.7. The number of amides is 1. The van der Waals surface area contributed by atoms with Gasteiger partial charge in [0, 0.05) is 0 Å². The van der Waals surface area contributed by atoms with Crippen molar-refractivity contribution in [2.75, 3.05) is 20.8 Å². The Hall–Kier alpha value is -2.69. The largest absolute Gasteiger partial charge is 0.496 e. The van der Waals surface area contributed by atoms with Crippen molar-refractivity contribution in [2.45, 2.75) is 6.54 Å². The van der Waals surface area contributed by atoms with E-state index in [1.807, 2.05) is 36.4 Å². The molecular weight excluding hydrogens is 282 g/mol. The molecule has 5 nitrogen and oxygen atoms in total. The van der Waals surface area contributed by atoms with E-state index in [0.29, 0.717) is 23.8 Å². The fourth-order valence-corrected chi connectivity index (χ4v) is 2.01.